The molecule has 24 heavy (non-hydrogen) atoms. The molecule has 1 amide bonds. The van der Waals surface area contributed by atoms with Crippen LogP contribution in [0.1, 0.15) is 30.6 Å². The molecular formula is C19H21NO4. The first kappa shape index (κ1) is 17.7. The second-order valence-corrected chi connectivity index (χ2v) is 5.69. The highest BCUT2D eigenvalue weighted by Gasteiger charge is 2.40. The standard InChI is InChI=1S/C19H21NO4/c1-3-13-20(19(2,24)18(22)23)17(21)16-12-8-7-11-15(16)14-9-5-4-6-10-14/h4-12,24H,3,13H2,1-2H3,(H,22,23). The van der Waals surface area contributed by atoms with Crippen molar-refractivity contribution in [2.24, 2.45) is 0 Å². The monoisotopic (exact) mass is 327 g/mol. The highest BCUT2D eigenvalue weighted by molar-refractivity contribution is 6.02. The van der Waals surface area contributed by atoms with Crippen molar-refractivity contribution in [3.8, 4) is 11.1 Å². The molecular weight excluding hydrogens is 306 g/mol. The van der Waals surface area contributed by atoms with E-state index in [-0.39, 0.29) is 6.54 Å². The predicted molar refractivity (Wildman–Crippen MR) is 91.5 cm³/mol. The minimum absolute atomic E-state index is 0.140. The highest BCUT2D eigenvalue weighted by atomic mass is 16.4. The van der Waals surface area contributed by atoms with Gasteiger partial charge < -0.3 is 15.1 Å². The molecule has 0 saturated heterocycles. The van der Waals surface area contributed by atoms with Gasteiger partial charge in [-0.1, -0.05) is 55.5 Å². The Kier molecular flexibility index (Phi) is 5.36. The van der Waals surface area contributed by atoms with Crippen molar-refractivity contribution in [3.63, 3.8) is 0 Å². The Balaban J connectivity index is 2.50. The van der Waals surface area contributed by atoms with Crippen molar-refractivity contribution in [1.29, 1.82) is 0 Å². The fourth-order valence-electron chi connectivity index (χ4n) is 2.54. The topological polar surface area (TPSA) is 77.8 Å². The Morgan fingerprint density at radius 3 is 2.21 bits per heavy atom. The van der Waals surface area contributed by atoms with Gasteiger partial charge >= 0.3 is 5.97 Å². The minimum atomic E-state index is -2.27. The van der Waals surface area contributed by atoms with E-state index >= 15 is 0 Å². The summed E-state index contributed by atoms with van der Waals surface area (Å²) >= 11 is 0. The smallest absolute Gasteiger partial charge is 0.357 e. The van der Waals surface area contributed by atoms with Crippen LogP contribution in [0.15, 0.2) is 54.6 Å². The lowest BCUT2D eigenvalue weighted by molar-refractivity contribution is -0.173. The van der Waals surface area contributed by atoms with Gasteiger partial charge in [-0.3, -0.25) is 4.79 Å². The van der Waals surface area contributed by atoms with Crippen LogP contribution in [0.5, 0.6) is 0 Å². The van der Waals surface area contributed by atoms with E-state index in [1.165, 1.54) is 0 Å². The van der Waals surface area contributed by atoms with Crippen LogP contribution in [0.3, 0.4) is 0 Å². The van der Waals surface area contributed by atoms with Gasteiger partial charge in [-0.2, -0.15) is 0 Å². The molecule has 0 saturated carbocycles. The minimum Gasteiger partial charge on any atom is -0.478 e. The molecule has 0 aliphatic heterocycles. The lowest BCUT2D eigenvalue weighted by Crippen LogP contribution is -2.55. The number of rotatable bonds is 6. The van der Waals surface area contributed by atoms with Crippen LogP contribution in [-0.2, 0) is 4.79 Å². The average molecular weight is 327 g/mol. The molecule has 0 radical (unpaired) electrons. The zero-order valence-electron chi connectivity index (χ0n) is 13.8. The maximum absolute atomic E-state index is 13.0. The molecule has 0 heterocycles. The van der Waals surface area contributed by atoms with Crippen LogP contribution >= 0.6 is 0 Å². The lowest BCUT2D eigenvalue weighted by atomic mass is 9.98. The van der Waals surface area contributed by atoms with Crippen LogP contribution in [0.4, 0.5) is 0 Å². The largest absolute Gasteiger partial charge is 0.478 e. The quantitative estimate of drug-likeness (QED) is 0.800. The summed E-state index contributed by atoms with van der Waals surface area (Å²) in [5.74, 6) is -1.97. The van der Waals surface area contributed by atoms with E-state index in [1.807, 2.05) is 49.4 Å². The fraction of sp³-hybridized carbons (Fsp3) is 0.263. The van der Waals surface area contributed by atoms with E-state index in [4.69, 9.17) is 0 Å². The van der Waals surface area contributed by atoms with E-state index in [9.17, 15) is 19.8 Å². The first-order chi connectivity index (χ1) is 11.4. The number of carbonyl (C=O) groups excluding carboxylic acids is 1. The molecule has 5 heteroatoms. The van der Waals surface area contributed by atoms with Crippen LogP contribution in [-0.4, -0.2) is 39.3 Å². The summed E-state index contributed by atoms with van der Waals surface area (Å²) in [4.78, 5) is 25.4. The number of aliphatic hydroxyl groups is 1. The maximum atomic E-state index is 13.0. The summed E-state index contributed by atoms with van der Waals surface area (Å²) in [5.41, 5.74) is -0.353. The van der Waals surface area contributed by atoms with Crippen molar-refractivity contribution < 1.29 is 19.8 Å². The van der Waals surface area contributed by atoms with Gasteiger partial charge in [0.05, 0.1) is 0 Å². The number of nitrogens with zero attached hydrogens (tertiary/aromatic N) is 1. The molecule has 126 valence electrons. The number of benzene rings is 2. The lowest BCUT2D eigenvalue weighted by Gasteiger charge is -2.33. The van der Waals surface area contributed by atoms with Gasteiger partial charge in [0.2, 0.25) is 5.72 Å². The highest BCUT2D eigenvalue weighted by Crippen LogP contribution is 2.26. The number of hydrogen-bond donors (Lipinski definition) is 2. The molecule has 2 N–H and O–H groups in total. The van der Waals surface area contributed by atoms with E-state index in [0.29, 0.717) is 17.5 Å². The van der Waals surface area contributed by atoms with Gasteiger partial charge in [0.1, 0.15) is 0 Å². The van der Waals surface area contributed by atoms with Crippen LogP contribution in [0.25, 0.3) is 11.1 Å². The summed E-state index contributed by atoms with van der Waals surface area (Å²) in [7, 11) is 0. The molecule has 0 aliphatic rings. The zero-order valence-corrected chi connectivity index (χ0v) is 13.8. The first-order valence-corrected chi connectivity index (χ1v) is 7.81. The number of amides is 1. The van der Waals surface area contributed by atoms with Crippen molar-refractivity contribution in [1.82, 2.24) is 4.90 Å². The molecule has 0 spiro atoms. The van der Waals surface area contributed by atoms with E-state index in [2.05, 4.69) is 0 Å². The van der Waals surface area contributed by atoms with Gasteiger partial charge in [-0.05, 0) is 30.5 Å². The second-order valence-electron chi connectivity index (χ2n) is 5.69. The molecule has 0 aliphatic carbocycles. The van der Waals surface area contributed by atoms with Crippen molar-refractivity contribution in [2.75, 3.05) is 6.54 Å². The van der Waals surface area contributed by atoms with E-state index in [0.717, 1.165) is 17.4 Å². The molecule has 0 fully saturated rings. The summed E-state index contributed by atoms with van der Waals surface area (Å²) < 4.78 is 0. The molecule has 0 bridgehead atoms. The molecule has 2 aromatic carbocycles. The molecule has 0 aromatic heterocycles. The van der Waals surface area contributed by atoms with Gasteiger partial charge in [-0.15, -0.1) is 0 Å². The van der Waals surface area contributed by atoms with E-state index in [1.54, 1.807) is 12.1 Å². The van der Waals surface area contributed by atoms with Gasteiger partial charge in [0, 0.05) is 12.1 Å². The third-order valence-corrected chi connectivity index (χ3v) is 3.87. The van der Waals surface area contributed by atoms with E-state index < -0.39 is 17.6 Å². The Labute approximate surface area is 141 Å². The van der Waals surface area contributed by atoms with Gasteiger partial charge in [-0.25, -0.2) is 4.79 Å². The summed E-state index contributed by atoms with van der Waals surface area (Å²) in [6.07, 6.45) is 0.530. The van der Waals surface area contributed by atoms with Gasteiger partial charge in [0.25, 0.3) is 5.91 Å². The van der Waals surface area contributed by atoms with Crippen LogP contribution < -0.4 is 0 Å². The first-order valence-electron chi connectivity index (χ1n) is 7.81. The molecule has 1 atom stereocenters. The Morgan fingerprint density at radius 1 is 1.04 bits per heavy atom. The normalized spacial score (nSPS) is 13.1. The van der Waals surface area contributed by atoms with Crippen molar-refractivity contribution in [2.45, 2.75) is 26.0 Å². The fourth-order valence-corrected chi connectivity index (χ4v) is 2.54. The number of carboxylic acid groups (broad SMARTS) is 1. The maximum Gasteiger partial charge on any atom is 0.357 e. The van der Waals surface area contributed by atoms with Gasteiger partial charge in [0.15, 0.2) is 0 Å². The molecule has 1 unspecified atom stereocenters. The second kappa shape index (κ2) is 7.27. The Morgan fingerprint density at radius 2 is 1.62 bits per heavy atom. The number of carbonyl (C=O) groups is 2. The number of hydrogen-bond acceptors (Lipinski definition) is 3. The third kappa shape index (κ3) is 3.46. The Bertz CT molecular complexity index is 725. The predicted octanol–water partition coefficient (Wildman–Crippen LogP) is 3.00. The number of carboxylic acids is 1. The number of aliphatic carboxylic acids is 1. The molecule has 2 aromatic rings. The summed E-state index contributed by atoms with van der Waals surface area (Å²) in [6.45, 7) is 3.08. The van der Waals surface area contributed by atoms with Crippen molar-refractivity contribution >= 4 is 11.9 Å². The SMILES string of the molecule is CCCN(C(=O)c1ccccc1-c1ccccc1)C(C)(O)C(=O)O. The molecule has 2 rings (SSSR count). The third-order valence-electron chi connectivity index (χ3n) is 3.87. The Hall–Kier alpha value is -2.66. The molecule has 5 nitrogen and oxygen atoms in total. The summed E-state index contributed by atoms with van der Waals surface area (Å²) in [5, 5.41) is 19.6. The van der Waals surface area contributed by atoms with Crippen LogP contribution in [0, 0.1) is 0 Å². The summed E-state index contributed by atoms with van der Waals surface area (Å²) in [6, 6.07) is 16.4. The van der Waals surface area contributed by atoms with Crippen molar-refractivity contribution in [3.05, 3.63) is 60.2 Å². The average Bonchev–Trinajstić information content (AvgIpc) is 2.59. The zero-order chi connectivity index (χ0) is 17.7. The van der Waals surface area contributed by atoms with Crippen LogP contribution in [0.2, 0.25) is 0 Å².